The number of aromatic hydroxyl groups is 1. The summed E-state index contributed by atoms with van der Waals surface area (Å²) >= 11 is 6.09. The minimum Gasteiger partial charge on any atom is -0.508 e. The van der Waals surface area contributed by atoms with Gasteiger partial charge in [-0.2, -0.15) is 0 Å². The normalized spacial score (nSPS) is 20.8. The topological polar surface area (TPSA) is 75.4 Å². The van der Waals surface area contributed by atoms with Crippen molar-refractivity contribution in [3.05, 3.63) is 87.2 Å². The third-order valence-corrected chi connectivity index (χ3v) is 6.08. The molecule has 2 unspecified atom stereocenters. The standard InChI is InChI=1S/C23H19ClN2O3/c1-12-20-21(14-2-6-16(24)7-3-14)22-18(25-23(20)29-26-12)10-15(11-19(22)28)13-4-8-17(27)9-5-13/h2-9,15,21,25,27H,10-11H2,1H3. The number of aromatic nitrogens is 1. The molecule has 3 aromatic rings. The molecule has 0 saturated heterocycles. The molecule has 146 valence electrons. The number of aryl methyl sites for hydroxylation is 1. The van der Waals surface area contributed by atoms with E-state index >= 15 is 0 Å². The number of benzene rings is 2. The van der Waals surface area contributed by atoms with Crippen molar-refractivity contribution in [1.29, 1.82) is 0 Å². The average Bonchev–Trinajstić information content (AvgIpc) is 3.08. The number of carbonyl (C=O) groups is 1. The predicted molar refractivity (Wildman–Crippen MR) is 110 cm³/mol. The molecule has 2 aromatic carbocycles. The van der Waals surface area contributed by atoms with Crippen molar-refractivity contribution in [2.75, 3.05) is 5.32 Å². The number of phenolic OH excluding ortho intramolecular Hbond substituents is 1. The number of nitrogens with one attached hydrogen (secondary N) is 1. The molecule has 1 aromatic heterocycles. The van der Waals surface area contributed by atoms with Crippen LogP contribution < -0.4 is 5.32 Å². The summed E-state index contributed by atoms with van der Waals surface area (Å²) in [6.45, 7) is 1.89. The molecule has 2 heterocycles. The molecule has 0 spiro atoms. The highest BCUT2D eigenvalue weighted by Gasteiger charge is 2.41. The molecule has 1 aliphatic carbocycles. The van der Waals surface area contributed by atoms with Crippen LogP contribution in [-0.2, 0) is 4.79 Å². The van der Waals surface area contributed by atoms with Crippen LogP contribution >= 0.6 is 11.6 Å². The first-order valence-corrected chi connectivity index (χ1v) is 9.93. The van der Waals surface area contributed by atoms with Gasteiger partial charge in [-0.3, -0.25) is 4.79 Å². The van der Waals surface area contributed by atoms with Crippen molar-refractivity contribution in [3.63, 3.8) is 0 Å². The van der Waals surface area contributed by atoms with Gasteiger partial charge in [0.2, 0.25) is 5.88 Å². The lowest BCUT2D eigenvalue weighted by atomic mass is 9.72. The van der Waals surface area contributed by atoms with Crippen molar-refractivity contribution in [2.45, 2.75) is 31.6 Å². The molecule has 6 heteroatoms. The molecule has 5 rings (SSSR count). The number of anilines is 1. The first kappa shape index (κ1) is 18.0. The molecule has 2 aliphatic rings. The molecule has 2 atom stereocenters. The summed E-state index contributed by atoms with van der Waals surface area (Å²) in [5, 5.41) is 17.7. The fourth-order valence-corrected chi connectivity index (χ4v) is 4.57. The molecule has 0 amide bonds. The maximum absolute atomic E-state index is 13.3. The number of hydrogen-bond donors (Lipinski definition) is 2. The summed E-state index contributed by atoms with van der Waals surface area (Å²) in [4.78, 5) is 13.3. The van der Waals surface area contributed by atoms with Crippen molar-refractivity contribution in [2.24, 2.45) is 0 Å². The van der Waals surface area contributed by atoms with E-state index in [0.717, 1.165) is 33.7 Å². The van der Waals surface area contributed by atoms with Gasteiger partial charge in [-0.15, -0.1) is 0 Å². The van der Waals surface area contributed by atoms with Crippen LogP contribution in [-0.4, -0.2) is 16.0 Å². The summed E-state index contributed by atoms with van der Waals surface area (Å²) in [7, 11) is 0. The first-order valence-electron chi connectivity index (χ1n) is 9.55. The molecular weight excluding hydrogens is 388 g/mol. The summed E-state index contributed by atoms with van der Waals surface area (Å²) in [5.74, 6) is 0.753. The lowest BCUT2D eigenvalue weighted by molar-refractivity contribution is -0.116. The van der Waals surface area contributed by atoms with E-state index in [1.807, 2.05) is 43.3 Å². The molecule has 0 radical (unpaired) electrons. The third kappa shape index (κ3) is 3.02. The highest BCUT2D eigenvalue weighted by atomic mass is 35.5. The molecule has 0 fully saturated rings. The zero-order chi connectivity index (χ0) is 20.1. The van der Waals surface area contributed by atoms with Crippen molar-refractivity contribution in [3.8, 4) is 5.75 Å². The average molecular weight is 407 g/mol. The number of phenols is 1. The number of nitrogens with zero attached hydrogens (tertiary/aromatic N) is 1. The highest BCUT2D eigenvalue weighted by molar-refractivity contribution is 6.30. The SMILES string of the molecule is Cc1noc2c1C(c1ccc(Cl)cc1)C1=C(CC(c3ccc(O)cc3)CC1=O)N2. The van der Waals surface area contributed by atoms with Crippen molar-refractivity contribution < 1.29 is 14.4 Å². The van der Waals surface area contributed by atoms with Crippen LogP contribution in [0.1, 0.15) is 47.1 Å². The lowest BCUT2D eigenvalue weighted by Gasteiger charge is -2.34. The van der Waals surface area contributed by atoms with Crippen molar-refractivity contribution in [1.82, 2.24) is 5.16 Å². The Bertz CT molecular complexity index is 1130. The Morgan fingerprint density at radius 1 is 1.07 bits per heavy atom. The van der Waals surface area contributed by atoms with Gasteiger partial charge in [-0.1, -0.05) is 41.0 Å². The van der Waals surface area contributed by atoms with E-state index in [1.54, 1.807) is 12.1 Å². The van der Waals surface area contributed by atoms with E-state index in [0.29, 0.717) is 23.7 Å². The van der Waals surface area contributed by atoms with Gasteiger partial charge in [0.05, 0.1) is 11.3 Å². The van der Waals surface area contributed by atoms with E-state index in [4.69, 9.17) is 16.1 Å². The summed E-state index contributed by atoms with van der Waals surface area (Å²) in [6.07, 6.45) is 1.12. The Morgan fingerprint density at radius 3 is 2.48 bits per heavy atom. The Kier molecular flexibility index (Phi) is 4.21. The van der Waals surface area contributed by atoms with Crippen LogP contribution in [0.4, 0.5) is 5.88 Å². The predicted octanol–water partition coefficient (Wildman–Crippen LogP) is 5.30. The van der Waals surface area contributed by atoms with E-state index < -0.39 is 0 Å². The number of allylic oxidation sites excluding steroid dienone is 2. The second kappa shape index (κ2) is 6.78. The van der Waals surface area contributed by atoms with Crippen LogP contribution in [0.3, 0.4) is 0 Å². The number of fused-ring (bicyclic) bond motifs is 1. The number of halogens is 1. The Balaban J connectivity index is 1.61. The van der Waals surface area contributed by atoms with E-state index in [1.165, 1.54) is 0 Å². The van der Waals surface area contributed by atoms with Crippen LogP contribution in [0.2, 0.25) is 5.02 Å². The monoisotopic (exact) mass is 406 g/mol. The lowest BCUT2D eigenvalue weighted by Crippen LogP contribution is -2.29. The molecule has 2 N–H and O–H groups in total. The minimum absolute atomic E-state index is 0.0470. The van der Waals surface area contributed by atoms with Gasteiger partial charge in [0.15, 0.2) is 5.78 Å². The maximum atomic E-state index is 13.3. The minimum atomic E-state index is -0.224. The van der Waals surface area contributed by atoms with Crippen LogP contribution in [0.15, 0.2) is 64.3 Å². The Hall–Kier alpha value is -3.05. The summed E-state index contributed by atoms with van der Waals surface area (Å²) in [6, 6.07) is 14.7. The van der Waals surface area contributed by atoms with Gasteiger partial charge >= 0.3 is 0 Å². The van der Waals surface area contributed by atoms with Gasteiger partial charge in [-0.25, -0.2) is 0 Å². The van der Waals surface area contributed by atoms with Gasteiger partial charge in [-0.05, 0) is 54.7 Å². The third-order valence-electron chi connectivity index (χ3n) is 5.83. The quantitative estimate of drug-likeness (QED) is 0.604. The second-order valence-corrected chi connectivity index (χ2v) is 8.07. The number of ketones is 1. The number of rotatable bonds is 2. The van der Waals surface area contributed by atoms with Gasteiger partial charge < -0.3 is 14.9 Å². The maximum Gasteiger partial charge on any atom is 0.233 e. The van der Waals surface area contributed by atoms with Gasteiger partial charge in [0.25, 0.3) is 0 Å². The van der Waals surface area contributed by atoms with Gasteiger partial charge in [0, 0.05) is 28.6 Å². The largest absolute Gasteiger partial charge is 0.508 e. The Labute approximate surface area is 173 Å². The highest BCUT2D eigenvalue weighted by Crippen LogP contribution is 2.49. The van der Waals surface area contributed by atoms with Crippen LogP contribution in [0.5, 0.6) is 5.75 Å². The summed E-state index contributed by atoms with van der Waals surface area (Å²) in [5.41, 5.74) is 5.36. The van der Waals surface area contributed by atoms with Gasteiger partial charge in [0.1, 0.15) is 5.75 Å². The second-order valence-electron chi connectivity index (χ2n) is 7.63. The van der Waals surface area contributed by atoms with E-state index in [9.17, 15) is 9.90 Å². The van der Waals surface area contributed by atoms with E-state index in [2.05, 4.69) is 10.5 Å². The first-order chi connectivity index (χ1) is 14.0. The Morgan fingerprint density at radius 2 is 1.76 bits per heavy atom. The zero-order valence-corrected chi connectivity index (χ0v) is 16.5. The number of carbonyl (C=O) groups excluding carboxylic acids is 1. The number of hydrogen-bond acceptors (Lipinski definition) is 5. The molecule has 0 saturated carbocycles. The van der Waals surface area contributed by atoms with Crippen LogP contribution in [0.25, 0.3) is 0 Å². The van der Waals surface area contributed by atoms with Crippen LogP contribution in [0, 0.1) is 6.92 Å². The molecule has 1 aliphatic heterocycles. The molecule has 0 bridgehead atoms. The molecule has 29 heavy (non-hydrogen) atoms. The number of Topliss-reactive ketones (excluding diaryl/α,β-unsaturated/α-hetero) is 1. The smallest absolute Gasteiger partial charge is 0.233 e. The van der Waals surface area contributed by atoms with Crippen molar-refractivity contribution >= 4 is 23.3 Å². The molecular formula is C23H19ClN2O3. The zero-order valence-electron chi connectivity index (χ0n) is 15.8. The fourth-order valence-electron chi connectivity index (χ4n) is 4.44. The summed E-state index contributed by atoms with van der Waals surface area (Å²) < 4.78 is 5.54. The fraction of sp³-hybridized carbons (Fsp3) is 0.217. The molecule has 5 nitrogen and oxygen atoms in total. The van der Waals surface area contributed by atoms with E-state index in [-0.39, 0.29) is 23.4 Å².